The molecule has 0 spiro atoms. The lowest BCUT2D eigenvalue weighted by atomic mass is 9.97. The normalized spacial score (nSPS) is 18.5. The maximum absolute atomic E-state index is 12.5. The minimum absolute atomic E-state index is 0. The van der Waals surface area contributed by atoms with Crippen LogP contribution in [0.5, 0.6) is 0 Å². The van der Waals surface area contributed by atoms with E-state index in [-0.39, 0.29) is 46.4 Å². The van der Waals surface area contributed by atoms with E-state index < -0.39 is 27.0 Å². The smallest absolute Gasteiger partial charge is 0.338 e. The quantitative estimate of drug-likeness (QED) is 0.429. The molecule has 2 saturated carbocycles. The number of carbonyl (C=O) groups is 2. The standard InChI is InChI=1S/C20H26O7S.Mg.2H/c21-19(26-16-7-3-1-4-8-16)14-11-15(13-18(12-14)28(23,24)25)20(22)27-17-9-5-2-6-10-17;;;/h11-13,16-17H,1-10H2,(H,23,24,25);;;. The molecular weight excluding hydrogens is 409 g/mol. The molecule has 1 aromatic rings. The lowest BCUT2D eigenvalue weighted by Crippen LogP contribution is -2.23. The largest absolute Gasteiger partial charge is 0.459 e. The lowest BCUT2D eigenvalue weighted by molar-refractivity contribution is 0.0209. The molecule has 9 heteroatoms. The molecule has 2 fully saturated rings. The third-order valence-corrected chi connectivity index (χ3v) is 6.16. The highest BCUT2D eigenvalue weighted by Gasteiger charge is 2.25. The maximum atomic E-state index is 12.5. The summed E-state index contributed by atoms with van der Waals surface area (Å²) < 4.78 is 43.6. The van der Waals surface area contributed by atoms with Crippen molar-refractivity contribution >= 4 is 45.1 Å². The first kappa shape index (κ1) is 24.1. The first-order valence-electron chi connectivity index (χ1n) is 9.87. The van der Waals surface area contributed by atoms with E-state index in [2.05, 4.69) is 0 Å². The lowest BCUT2D eigenvalue weighted by Gasteiger charge is -2.23. The van der Waals surface area contributed by atoms with Gasteiger partial charge in [0, 0.05) is 0 Å². The van der Waals surface area contributed by atoms with Crippen LogP contribution in [0.25, 0.3) is 0 Å². The van der Waals surface area contributed by atoms with Gasteiger partial charge in [0.2, 0.25) is 0 Å². The Kier molecular flexibility index (Phi) is 8.93. The fourth-order valence-corrected chi connectivity index (χ4v) is 4.34. The molecule has 0 atom stereocenters. The Morgan fingerprint density at radius 1 is 0.759 bits per heavy atom. The topological polar surface area (TPSA) is 107 Å². The van der Waals surface area contributed by atoms with Crippen molar-refractivity contribution < 1.29 is 32.0 Å². The van der Waals surface area contributed by atoms with E-state index in [1.807, 2.05) is 0 Å². The molecule has 0 saturated heterocycles. The van der Waals surface area contributed by atoms with Gasteiger partial charge in [-0.1, -0.05) is 12.8 Å². The van der Waals surface area contributed by atoms with Gasteiger partial charge in [-0.15, -0.1) is 0 Å². The second-order valence-corrected chi connectivity index (χ2v) is 8.97. The summed E-state index contributed by atoms with van der Waals surface area (Å²) in [6.45, 7) is 0. The third-order valence-electron chi connectivity index (χ3n) is 5.33. The summed E-state index contributed by atoms with van der Waals surface area (Å²) in [5.41, 5.74) is -0.174. The summed E-state index contributed by atoms with van der Waals surface area (Å²) in [6.07, 6.45) is 8.73. The van der Waals surface area contributed by atoms with Crippen molar-refractivity contribution in [1.29, 1.82) is 0 Å². The van der Waals surface area contributed by atoms with E-state index in [0.717, 1.165) is 76.3 Å². The second-order valence-electron chi connectivity index (χ2n) is 7.55. The maximum Gasteiger partial charge on any atom is 0.338 e. The molecule has 158 valence electrons. The summed E-state index contributed by atoms with van der Waals surface area (Å²) >= 11 is 0. The Hall–Kier alpha value is -1.16. The van der Waals surface area contributed by atoms with E-state index >= 15 is 0 Å². The van der Waals surface area contributed by atoms with Crippen LogP contribution in [0, 0.1) is 0 Å². The Morgan fingerprint density at radius 3 is 1.48 bits per heavy atom. The van der Waals surface area contributed by atoms with Crippen LogP contribution in [0.4, 0.5) is 0 Å². The van der Waals surface area contributed by atoms with Crippen molar-refractivity contribution in [3.05, 3.63) is 29.3 Å². The highest BCUT2D eigenvalue weighted by atomic mass is 32.2. The van der Waals surface area contributed by atoms with Crippen LogP contribution < -0.4 is 0 Å². The molecule has 2 aliphatic rings. The van der Waals surface area contributed by atoms with Gasteiger partial charge < -0.3 is 9.47 Å². The zero-order chi connectivity index (χ0) is 20.1. The van der Waals surface area contributed by atoms with Crippen molar-refractivity contribution in [2.24, 2.45) is 0 Å². The van der Waals surface area contributed by atoms with E-state index in [4.69, 9.17) is 9.47 Å². The van der Waals surface area contributed by atoms with Gasteiger partial charge in [-0.25, -0.2) is 9.59 Å². The molecule has 1 N–H and O–H groups in total. The van der Waals surface area contributed by atoms with Crippen LogP contribution in [0.15, 0.2) is 23.1 Å². The number of hydrogen-bond donors (Lipinski definition) is 1. The molecule has 0 aromatic heterocycles. The SMILES string of the molecule is O=C(OC1CCCCC1)c1cc(C(=O)OC2CCCCC2)cc(S(=O)(=O)O)c1.[MgH2]. The van der Waals surface area contributed by atoms with Gasteiger partial charge in [0.1, 0.15) is 12.2 Å². The van der Waals surface area contributed by atoms with Crippen molar-refractivity contribution in [3.63, 3.8) is 0 Å². The van der Waals surface area contributed by atoms with E-state index in [1.165, 1.54) is 6.07 Å². The van der Waals surface area contributed by atoms with E-state index in [9.17, 15) is 22.6 Å². The van der Waals surface area contributed by atoms with Gasteiger partial charge in [0.05, 0.1) is 16.0 Å². The zero-order valence-corrected chi connectivity index (χ0v) is 16.6. The highest BCUT2D eigenvalue weighted by Crippen LogP contribution is 2.25. The summed E-state index contributed by atoms with van der Waals surface area (Å²) in [5.74, 6) is -1.41. The van der Waals surface area contributed by atoms with Gasteiger partial charge in [0.15, 0.2) is 0 Å². The van der Waals surface area contributed by atoms with Crippen molar-refractivity contribution in [2.45, 2.75) is 81.3 Å². The van der Waals surface area contributed by atoms with Crippen molar-refractivity contribution in [1.82, 2.24) is 0 Å². The van der Waals surface area contributed by atoms with Crippen LogP contribution in [0.3, 0.4) is 0 Å². The van der Waals surface area contributed by atoms with Gasteiger partial charge >= 0.3 is 35.0 Å². The predicted octanol–water partition coefficient (Wildman–Crippen LogP) is 3.00. The Labute approximate surface area is 187 Å². The monoisotopic (exact) mass is 436 g/mol. The van der Waals surface area contributed by atoms with Crippen LogP contribution >= 0.6 is 0 Å². The number of carbonyl (C=O) groups excluding carboxylic acids is 2. The number of rotatable bonds is 5. The van der Waals surface area contributed by atoms with Gasteiger partial charge in [0.25, 0.3) is 10.1 Å². The third kappa shape index (κ3) is 6.94. The number of ether oxygens (including phenoxy) is 2. The molecule has 0 amide bonds. The summed E-state index contributed by atoms with van der Waals surface area (Å²) in [5, 5.41) is 0. The minimum Gasteiger partial charge on any atom is -0.459 e. The highest BCUT2D eigenvalue weighted by molar-refractivity contribution is 7.85. The predicted molar refractivity (Wildman–Crippen MR) is 109 cm³/mol. The molecule has 2 aliphatic carbocycles. The molecule has 29 heavy (non-hydrogen) atoms. The van der Waals surface area contributed by atoms with Crippen LogP contribution in [-0.4, -0.2) is 60.2 Å². The fraction of sp³-hybridized carbons (Fsp3) is 0.600. The summed E-state index contributed by atoms with van der Waals surface area (Å²) in [6, 6.07) is 3.32. The van der Waals surface area contributed by atoms with Crippen molar-refractivity contribution in [2.75, 3.05) is 0 Å². The van der Waals surface area contributed by atoms with Crippen LogP contribution in [-0.2, 0) is 19.6 Å². The Morgan fingerprint density at radius 2 is 1.14 bits per heavy atom. The van der Waals surface area contributed by atoms with Crippen LogP contribution in [0.1, 0.15) is 84.9 Å². The number of hydrogen-bond acceptors (Lipinski definition) is 6. The van der Waals surface area contributed by atoms with Crippen molar-refractivity contribution in [3.8, 4) is 0 Å². The van der Waals surface area contributed by atoms with E-state index in [1.54, 1.807) is 0 Å². The van der Waals surface area contributed by atoms with Gasteiger partial charge in [-0.2, -0.15) is 8.42 Å². The Balaban J connectivity index is 0.00000300. The molecule has 0 radical (unpaired) electrons. The van der Waals surface area contributed by atoms with E-state index in [0.29, 0.717) is 0 Å². The molecule has 0 bridgehead atoms. The summed E-state index contributed by atoms with van der Waals surface area (Å²) in [4.78, 5) is 24.5. The minimum atomic E-state index is -4.60. The molecule has 3 rings (SSSR count). The number of benzene rings is 1. The van der Waals surface area contributed by atoms with Gasteiger partial charge in [-0.05, 0) is 69.6 Å². The van der Waals surface area contributed by atoms with Crippen LogP contribution in [0.2, 0.25) is 0 Å². The number of esters is 2. The summed E-state index contributed by atoms with van der Waals surface area (Å²) in [7, 11) is -4.60. The fourth-order valence-electron chi connectivity index (χ4n) is 3.79. The average Bonchev–Trinajstić information content (AvgIpc) is 2.68. The Bertz CT molecular complexity index is 775. The zero-order valence-electron chi connectivity index (χ0n) is 15.8. The first-order valence-corrected chi connectivity index (χ1v) is 11.3. The first-order chi connectivity index (χ1) is 13.3. The average molecular weight is 437 g/mol. The molecule has 0 heterocycles. The second kappa shape index (κ2) is 10.7. The molecule has 1 aromatic carbocycles. The van der Waals surface area contributed by atoms with Gasteiger partial charge in [-0.3, -0.25) is 4.55 Å². The molecule has 0 unspecified atom stereocenters. The molecular formula is C20H28MgO7S. The molecule has 0 aliphatic heterocycles. The molecule has 7 nitrogen and oxygen atoms in total.